The van der Waals surface area contributed by atoms with E-state index in [4.69, 9.17) is 37.5 Å². The number of nitrogens with zero attached hydrogens (tertiary/aromatic N) is 1. The third-order valence-electron chi connectivity index (χ3n) is 4.20. The quantitative estimate of drug-likeness (QED) is 0.402. The van der Waals surface area contributed by atoms with Crippen molar-refractivity contribution in [1.82, 2.24) is 5.32 Å². The van der Waals surface area contributed by atoms with E-state index < -0.39 is 0 Å². The van der Waals surface area contributed by atoms with Crippen molar-refractivity contribution in [3.8, 4) is 11.5 Å². The number of carbonyl (C=O) groups is 1. The summed E-state index contributed by atoms with van der Waals surface area (Å²) in [5, 5.41) is 7.16. The van der Waals surface area contributed by atoms with E-state index in [1.54, 1.807) is 18.2 Å². The summed E-state index contributed by atoms with van der Waals surface area (Å²) in [5.74, 6) is 1.09. The lowest BCUT2D eigenvalue weighted by atomic mass is 10.0. The number of carbonyl (C=O) groups excluding carboxylic acids is 1. The molecule has 0 aliphatic rings. The van der Waals surface area contributed by atoms with Crippen LogP contribution < -0.4 is 14.8 Å². The lowest BCUT2D eigenvalue weighted by Crippen LogP contribution is -2.29. The van der Waals surface area contributed by atoms with E-state index in [0.29, 0.717) is 39.6 Å². The van der Waals surface area contributed by atoms with Crippen molar-refractivity contribution in [2.45, 2.75) is 26.9 Å². The largest absolute Gasteiger partial charge is 0.490 e. The number of benzene rings is 2. The van der Waals surface area contributed by atoms with Crippen LogP contribution >= 0.6 is 23.2 Å². The van der Waals surface area contributed by atoms with Crippen molar-refractivity contribution < 1.29 is 19.1 Å². The summed E-state index contributed by atoms with van der Waals surface area (Å²) in [7, 11) is 2.91. The fourth-order valence-electron chi connectivity index (χ4n) is 2.62. The van der Waals surface area contributed by atoms with E-state index in [2.05, 4.69) is 24.3 Å². The first-order valence-electron chi connectivity index (χ1n) is 9.53. The molecule has 6 nitrogen and oxygen atoms in total. The smallest absolute Gasteiger partial charge is 0.273 e. The second-order valence-corrected chi connectivity index (χ2v) is 7.71. The molecule has 30 heavy (non-hydrogen) atoms. The van der Waals surface area contributed by atoms with Crippen molar-refractivity contribution in [3.63, 3.8) is 0 Å². The Kier molecular flexibility index (Phi) is 9.27. The molecule has 0 atom stereocenters. The van der Waals surface area contributed by atoms with Gasteiger partial charge in [-0.15, -0.1) is 0 Å². The molecule has 0 heterocycles. The molecule has 0 fully saturated rings. The van der Waals surface area contributed by atoms with Gasteiger partial charge in [-0.05, 0) is 17.9 Å². The number of ether oxygens (including phenoxy) is 2. The minimum absolute atomic E-state index is 0.157. The molecule has 162 valence electrons. The van der Waals surface area contributed by atoms with Crippen LogP contribution in [0.2, 0.25) is 10.0 Å². The predicted octanol–water partition coefficient (Wildman–Crippen LogP) is 5.09. The first kappa shape index (κ1) is 23.8. The van der Waals surface area contributed by atoms with E-state index in [1.165, 1.54) is 14.2 Å². The van der Waals surface area contributed by atoms with E-state index >= 15 is 0 Å². The molecule has 0 bridgehead atoms. The third kappa shape index (κ3) is 6.54. The maximum atomic E-state index is 12.2. The fraction of sp³-hybridized carbons (Fsp3) is 0.364. The Labute approximate surface area is 187 Å². The molecule has 0 unspecified atom stereocenters. The van der Waals surface area contributed by atoms with Crippen LogP contribution in [0, 0.1) is 5.92 Å². The first-order valence-corrected chi connectivity index (χ1v) is 10.3. The maximum Gasteiger partial charge on any atom is 0.273 e. The molecule has 2 rings (SSSR count). The molecular weight excluding hydrogens is 427 g/mol. The Morgan fingerprint density at radius 3 is 2.40 bits per heavy atom. The van der Waals surface area contributed by atoms with Gasteiger partial charge in [0.2, 0.25) is 0 Å². The van der Waals surface area contributed by atoms with E-state index in [1.807, 2.05) is 18.2 Å². The van der Waals surface area contributed by atoms with Gasteiger partial charge in [0, 0.05) is 24.7 Å². The zero-order valence-corrected chi connectivity index (χ0v) is 19.0. The zero-order chi connectivity index (χ0) is 22.1. The second-order valence-electron chi connectivity index (χ2n) is 6.89. The molecule has 0 aliphatic carbocycles. The monoisotopic (exact) mass is 452 g/mol. The first-order chi connectivity index (χ1) is 14.4. The normalized spacial score (nSPS) is 11.4. The number of amides is 1. The number of rotatable bonds is 10. The predicted molar refractivity (Wildman–Crippen MR) is 120 cm³/mol. The Morgan fingerprint density at radius 2 is 1.80 bits per heavy atom. The van der Waals surface area contributed by atoms with Crippen molar-refractivity contribution in [1.29, 1.82) is 0 Å². The molecule has 0 saturated heterocycles. The van der Waals surface area contributed by atoms with Crippen LogP contribution in [0.25, 0.3) is 0 Å². The molecule has 0 saturated carbocycles. The average molecular weight is 453 g/mol. The van der Waals surface area contributed by atoms with Gasteiger partial charge < -0.3 is 19.6 Å². The SMILES string of the molecule is CNC(=O)/C(=N/OC)c1ccccc1COc1cc(Cl)c(OCCC(C)C)c(Cl)c1. The summed E-state index contributed by atoms with van der Waals surface area (Å²) in [6.07, 6.45) is 0.901. The summed E-state index contributed by atoms with van der Waals surface area (Å²) in [4.78, 5) is 17.0. The Balaban J connectivity index is 2.18. The van der Waals surface area contributed by atoms with Crippen LogP contribution in [-0.4, -0.2) is 32.4 Å². The second kappa shape index (κ2) is 11.7. The minimum atomic E-state index is -0.363. The minimum Gasteiger partial charge on any atom is -0.490 e. The number of hydrogen-bond acceptors (Lipinski definition) is 5. The molecule has 2 aromatic rings. The van der Waals surface area contributed by atoms with Gasteiger partial charge in [0.1, 0.15) is 19.5 Å². The fourth-order valence-corrected chi connectivity index (χ4v) is 3.19. The molecule has 8 heteroatoms. The lowest BCUT2D eigenvalue weighted by Gasteiger charge is -2.15. The van der Waals surface area contributed by atoms with Gasteiger partial charge in [-0.25, -0.2) is 0 Å². The Hall–Kier alpha value is -2.44. The number of hydrogen-bond donors (Lipinski definition) is 1. The molecule has 0 radical (unpaired) electrons. The van der Waals surface area contributed by atoms with Crippen LogP contribution in [0.5, 0.6) is 11.5 Å². The lowest BCUT2D eigenvalue weighted by molar-refractivity contribution is -0.114. The van der Waals surface area contributed by atoms with Gasteiger partial charge >= 0.3 is 0 Å². The summed E-state index contributed by atoms with van der Waals surface area (Å²) >= 11 is 12.7. The van der Waals surface area contributed by atoms with Crippen LogP contribution in [-0.2, 0) is 16.2 Å². The van der Waals surface area contributed by atoms with Crippen LogP contribution in [0.4, 0.5) is 0 Å². The van der Waals surface area contributed by atoms with Crippen LogP contribution in [0.3, 0.4) is 0 Å². The van der Waals surface area contributed by atoms with Crippen LogP contribution in [0.15, 0.2) is 41.6 Å². The van der Waals surface area contributed by atoms with Crippen molar-refractivity contribution in [2.75, 3.05) is 20.8 Å². The Morgan fingerprint density at radius 1 is 1.13 bits per heavy atom. The van der Waals surface area contributed by atoms with Crippen molar-refractivity contribution >= 4 is 34.8 Å². The molecule has 2 aromatic carbocycles. The zero-order valence-electron chi connectivity index (χ0n) is 17.5. The summed E-state index contributed by atoms with van der Waals surface area (Å²) in [6, 6.07) is 10.6. The Bertz CT molecular complexity index is 877. The molecule has 0 aliphatic heterocycles. The third-order valence-corrected chi connectivity index (χ3v) is 4.77. The van der Waals surface area contributed by atoms with Gasteiger partial charge in [-0.2, -0.15) is 0 Å². The van der Waals surface area contributed by atoms with Gasteiger partial charge in [0.15, 0.2) is 11.5 Å². The molecular formula is C22H26Cl2N2O4. The maximum absolute atomic E-state index is 12.2. The number of nitrogens with one attached hydrogen (secondary N) is 1. The summed E-state index contributed by atoms with van der Waals surface area (Å²) in [6.45, 7) is 4.95. The standard InChI is InChI=1S/C22H26Cl2N2O4/c1-14(2)9-10-29-21-18(23)11-16(12-19(21)24)30-13-15-7-5-6-8-17(15)20(26-28-4)22(27)25-3/h5-8,11-12,14H,9-10,13H2,1-4H3,(H,25,27)/b26-20+. The van der Waals surface area contributed by atoms with Crippen molar-refractivity contribution in [3.05, 3.63) is 57.6 Å². The number of likely N-dealkylation sites (N-methyl/N-ethyl adjacent to an activating group) is 1. The highest BCUT2D eigenvalue weighted by Gasteiger charge is 2.18. The highest BCUT2D eigenvalue weighted by molar-refractivity contribution is 6.45. The van der Waals surface area contributed by atoms with Crippen molar-refractivity contribution in [2.24, 2.45) is 11.1 Å². The van der Waals surface area contributed by atoms with E-state index in [9.17, 15) is 4.79 Å². The average Bonchev–Trinajstić information content (AvgIpc) is 2.72. The number of halogens is 2. The molecule has 1 N–H and O–H groups in total. The highest BCUT2D eigenvalue weighted by Crippen LogP contribution is 2.37. The summed E-state index contributed by atoms with van der Waals surface area (Å²) < 4.78 is 11.6. The topological polar surface area (TPSA) is 69.2 Å². The molecule has 0 aromatic heterocycles. The van der Waals surface area contributed by atoms with Gasteiger partial charge in [-0.1, -0.05) is 66.5 Å². The van der Waals surface area contributed by atoms with E-state index in [-0.39, 0.29) is 18.2 Å². The molecule has 1 amide bonds. The van der Waals surface area contributed by atoms with Gasteiger partial charge in [0.25, 0.3) is 5.91 Å². The summed E-state index contributed by atoms with van der Waals surface area (Å²) in [5.41, 5.74) is 1.51. The molecule has 0 spiro atoms. The van der Waals surface area contributed by atoms with Crippen LogP contribution in [0.1, 0.15) is 31.4 Å². The number of oxime groups is 1. The highest BCUT2D eigenvalue weighted by atomic mass is 35.5. The van der Waals surface area contributed by atoms with Gasteiger partial charge in [0.05, 0.1) is 16.7 Å². The van der Waals surface area contributed by atoms with Gasteiger partial charge in [-0.3, -0.25) is 4.79 Å². The van der Waals surface area contributed by atoms with E-state index in [0.717, 1.165) is 12.0 Å².